The van der Waals surface area contributed by atoms with Crippen LogP contribution in [0.3, 0.4) is 0 Å². The van der Waals surface area contributed by atoms with Crippen molar-refractivity contribution in [3.8, 4) is 6.07 Å². The van der Waals surface area contributed by atoms with E-state index in [1.165, 1.54) is 61.5 Å². The lowest BCUT2D eigenvalue weighted by molar-refractivity contribution is -0.137. The summed E-state index contributed by atoms with van der Waals surface area (Å²) < 4.78 is 73.1. The predicted molar refractivity (Wildman–Crippen MR) is 229 cm³/mol. The highest BCUT2D eigenvalue weighted by molar-refractivity contribution is 7.81. The summed E-state index contributed by atoms with van der Waals surface area (Å²) in [4.78, 5) is 50.8. The number of carbonyl (C=O) groups excluding carboxylic acids is 3. The molecule has 0 aliphatic carbocycles. The maximum atomic E-state index is 15.5. The number of alkyl halides is 3. The van der Waals surface area contributed by atoms with Gasteiger partial charge >= 0.3 is 6.18 Å². The van der Waals surface area contributed by atoms with Crippen LogP contribution in [0.4, 0.5) is 44.7 Å². The molecule has 5 aromatic rings. The first kappa shape index (κ1) is 42.8. The van der Waals surface area contributed by atoms with E-state index in [0.29, 0.717) is 60.2 Å². The van der Waals surface area contributed by atoms with Crippen LogP contribution in [0.2, 0.25) is 0 Å². The van der Waals surface area contributed by atoms with Crippen molar-refractivity contribution >= 4 is 63.3 Å². The number of aliphatic imine (C=N–C) groups is 1. The van der Waals surface area contributed by atoms with Crippen molar-refractivity contribution in [2.24, 2.45) is 12.0 Å². The van der Waals surface area contributed by atoms with Gasteiger partial charge in [-0.05, 0) is 105 Å². The number of carbonyl (C=O) groups is 3. The Balaban J connectivity index is 0.866. The van der Waals surface area contributed by atoms with Crippen molar-refractivity contribution < 1.29 is 36.3 Å². The normalized spacial score (nSPS) is 17.9. The largest absolute Gasteiger partial charge is 0.417 e. The Morgan fingerprint density at radius 2 is 1.75 bits per heavy atom. The third-order valence-corrected chi connectivity index (χ3v) is 11.9. The summed E-state index contributed by atoms with van der Waals surface area (Å²) in [5, 5.41) is 20.1. The lowest BCUT2D eigenvalue weighted by Gasteiger charge is -2.37. The van der Waals surface area contributed by atoms with Gasteiger partial charge in [-0.25, -0.2) is 13.8 Å². The molecule has 1 saturated heterocycles. The Labute approximate surface area is 363 Å². The summed E-state index contributed by atoms with van der Waals surface area (Å²) in [6.07, 6.45) is -1.44. The molecule has 0 bridgehead atoms. The molecule has 12 nitrogen and oxygen atoms in total. The number of aryl methyl sites for hydroxylation is 1. The number of ketones is 2. The van der Waals surface area contributed by atoms with E-state index >= 15 is 4.39 Å². The van der Waals surface area contributed by atoms with E-state index < -0.39 is 58.1 Å². The SMILES string of the molecule is Cn1ncnc1C1C2=NCC(=O)c3cc(F)cc(c32)N[C@@H]1c1ccc(NCCCCCC(=O)c2ccc(N3C(=S)N(c4ccc(C#N)c(C(F)(F)F)c4)C(=O)C3(C)C)cc2F)cc1. The smallest absolute Gasteiger partial charge is 0.385 e. The van der Waals surface area contributed by atoms with Crippen LogP contribution in [0.15, 0.2) is 84.1 Å². The Bertz CT molecular complexity index is 2780. The van der Waals surface area contributed by atoms with Gasteiger partial charge in [-0.3, -0.25) is 29.0 Å². The summed E-state index contributed by atoms with van der Waals surface area (Å²) in [7, 11) is 1.78. The van der Waals surface area contributed by atoms with E-state index in [9.17, 15) is 37.2 Å². The van der Waals surface area contributed by atoms with Gasteiger partial charge in [0, 0.05) is 48.2 Å². The van der Waals surface area contributed by atoms with Crippen molar-refractivity contribution in [2.45, 2.75) is 63.2 Å². The maximum absolute atomic E-state index is 15.5. The number of Topliss-reactive ketones (excluding diaryl/α,β-unsaturated/α-hetero) is 2. The highest BCUT2D eigenvalue weighted by Crippen LogP contribution is 2.45. The van der Waals surface area contributed by atoms with Crippen LogP contribution in [0.1, 0.15) is 100 Å². The molecule has 1 unspecified atom stereocenters. The number of unbranched alkanes of at least 4 members (excludes halogenated alkanes) is 2. The molecule has 2 N–H and O–H groups in total. The summed E-state index contributed by atoms with van der Waals surface area (Å²) in [6.45, 7) is 3.51. The molecule has 322 valence electrons. The van der Waals surface area contributed by atoms with Gasteiger partial charge in [-0.15, -0.1) is 0 Å². The number of halogens is 5. The maximum Gasteiger partial charge on any atom is 0.417 e. The van der Waals surface area contributed by atoms with Gasteiger partial charge in [0.25, 0.3) is 5.91 Å². The van der Waals surface area contributed by atoms with Crippen LogP contribution in [0.25, 0.3) is 0 Å². The zero-order valence-electron chi connectivity index (χ0n) is 34.1. The zero-order valence-corrected chi connectivity index (χ0v) is 34.9. The van der Waals surface area contributed by atoms with Gasteiger partial charge in [0.2, 0.25) is 0 Å². The Morgan fingerprint density at radius 1 is 1.00 bits per heavy atom. The quantitative estimate of drug-likeness (QED) is 0.0540. The molecule has 3 aliphatic rings. The molecule has 1 fully saturated rings. The van der Waals surface area contributed by atoms with Gasteiger partial charge in [-0.1, -0.05) is 18.6 Å². The third kappa shape index (κ3) is 7.81. The molecule has 3 aliphatic heterocycles. The molecule has 0 radical (unpaired) electrons. The number of nitriles is 1. The van der Waals surface area contributed by atoms with E-state index in [-0.39, 0.29) is 40.8 Å². The molecule has 1 aromatic heterocycles. The molecule has 1 amide bonds. The molecule has 0 saturated carbocycles. The topological polar surface area (TPSA) is 149 Å². The number of rotatable bonds is 12. The standard InChI is InChI=1S/C45H38F5N9O3S/c1-44(2)42(62)58(28-13-10-25(21-51)32(19-28)45(48,49)50)43(63)59(44)29-14-15-30(33(47)20-29)35(60)7-5-4-6-16-52-27-11-8-24(9-12-27)39-38(41-54-23-55-57(41)3)40-37-31(36(61)22-53-40)17-26(46)18-34(37)56-39/h8-15,17-20,23,38-39,52,56H,4-7,16,22H2,1-3H3/t38?,39-/m1/s1. The minimum Gasteiger partial charge on any atom is -0.385 e. The monoisotopic (exact) mass is 879 g/mol. The van der Waals surface area contributed by atoms with Gasteiger partial charge in [-0.2, -0.15) is 23.5 Å². The number of benzene rings is 4. The first-order valence-corrected chi connectivity index (χ1v) is 20.4. The zero-order chi connectivity index (χ0) is 45.0. The van der Waals surface area contributed by atoms with Gasteiger partial charge in [0.15, 0.2) is 16.7 Å². The molecule has 8 rings (SSSR count). The Morgan fingerprint density at radius 3 is 2.43 bits per heavy atom. The fourth-order valence-electron chi connectivity index (χ4n) is 8.43. The molecule has 0 spiro atoms. The van der Waals surface area contributed by atoms with Crippen LogP contribution in [0.5, 0.6) is 0 Å². The molecule has 63 heavy (non-hydrogen) atoms. The second kappa shape index (κ2) is 16.4. The minimum atomic E-state index is -4.86. The van der Waals surface area contributed by atoms with Crippen LogP contribution in [0, 0.1) is 23.0 Å². The fourth-order valence-corrected chi connectivity index (χ4v) is 8.95. The van der Waals surface area contributed by atoms with Crippen molar-refractivity contribution in [3.05, 3.63) is 130 Å². The minimum absolute atomic E-state index is 0.0835. The predicted octanol–water partition coefficient (Wildman–Crippen LogP) is 8.69. The summed E-state index contributed by atoms with van der Waals surface area (Å²) >= 11 is 5.55. The number of anilines is 4. The summed E-state index contributed by atoms with van der Waals surface area (Å²) in [6, 6.07) is 18.2. The number of nitrogens with one attached hydrogen (secondary N) is 2. The molecule has 4 heterocycles. The molecular formula is C45H38F5N9O3S. The van der Waals surface area contributed by atoms with E-state index in [2.05, 4.69) is 25.7 Å². The van der Waals surface area contributed by atoms with E-state index in [0.717, 1.165) is 28.3 Å². The lowest BCUT2D eigenvalue weighted by atomic mass is 9.78. The van der Waals surface area contributed by atoms with E-state index in [4.69, 9.17) is 12.2 Å². The second-order valence-electron chi connectivity index (χ2n) is 15.9. The average Bonchev–Trinajstić information content (AvgIpc) is 3.74. The molecule has 4 aromatic carbocycles. The van der Waals surface area contributed by atoms with E-state index in [1.807, 2.05) is 24.3 Å². The fraction of sp³-hybridized carbons (Fsp3) is 0.289. The number of amides is 1. The second-order valence-corrected chi connectivity index (χ2v) is 16.3. The third-order valence-electron chi connectivity index (χ3n) is 11.6. The molecular weight excluding hydrogens is 842 g/mol. The average molecular weight is 880 g/mol. The van der Waals surface area contributed by atoms with Crippen LogP contribution >= 0.6 is 12.2 Å². The number of aromatic nitrogens is 3. The number of nitrogens with zero attached hydrogens (tertiary/aromatic N) is 7. The molecule has 2 atom stereocenters. The van der Waals surface area contributed by atoms with Crippen LogP contribution in [-0.4, -0.2) is 61.7 Å². The van der Waals surface area contributed by atoms with Crippen LogP contribution in [-0.2, 0) is 18.0 Å². The highest BCUT2D eigenvalue weighted by atomic mass is 32.1. The van der Waals surface area contributed by atoms with Gasteiger partial charge in [0.05, 0.1) is 46.1 Å². The van der Waals surface area contributed by atoms with E-state index in [1.54, 1.807) is 11.7 Å². The first-order valence-electron chi connectivity index (χ1n) is 20.0. The van der Waals surface area contributed by atoms with Crippen molar-refractivity contribution in [2.75, 3.05) is 33.5 Å². The summed E-state index contributed by atoms with van der Waals surface area (Å²) in [5.41, 5.74) is 0.276. The molecule has 18 heteroatoms. The number of thiocarbonyl (C=S) groups is 1. The lowest BCUT2D eigenvalue weighted by Crippen LogP contribution is -2.44. The number of hydrogen-bond donors (Lipinski definition) is 2. The Hall–Kier alpha value is -6.87. The van der Waals surface area contributed by atoms with Crippen molar-refractivity contribution in [1.29, 1.82) is 5.26 Å². The van der Waals surface area contributed by atoms with Gasteiger partial charge < -0.3 is 15.5 Å². The van der Waals surface area contributed by atoms with Gasteiger partial charge in [0.1, 0.15) is 35.9 Å². The van der Waals surface area contributed by atoms with Crippen molar-refractivity contribution in [1.82, 2.24) is 14.8 Å². The van der Waals surface area contributed by atoms with Crippen LogP contribution < -0.4 is 20.4 Å². The van der Waals surface area contributed by atoms with Crippen molar-refractivity contribution in [3.63, 3.8) is 0 Å². The first-order chi connectivity index (χ1) is 30.0. The summed E-state index contributed by atoms with van der Waals surface area (Å²) in [5.74, 6) is -2.45. The number of hydrogen-bond acceptors (Lipinski definition) is 10. The Kier molecular flexibility index (Phi) is 11.2. The highest BCUT2D eigenvalue weighted by Gasteiger charge is 2.51.